The van der Waals surface area contributed by atoms with Crippen LogP contribution in [-0.2, 0) is 22.7 Å². The highest BCUT2D eigenvalue weighted by Gasteiger charge is 2.28. The zero-order valence-electron chi connectivity index (χ0n) is 17.7. The Morgan fingerprint density at radius 3 is 2.83 bits per heavy atom. The number of hydrogen-bond donors (Lipinski definition) is 0. The number of esters is 1. The number of tetrazole rings is 1. The Hall–Kier alpha value is -2.62. The molecule has 0 atom stereocenters. The number of piperidine rings is 1. The van der Waals surface area contributed by atoms with Crippen molar-refractivity contribution in [3.63, 3.8) is 0 Å². The van der Waals surface area contributed by atoms with Crippen molar-refractivity contribution >= 4 is 33.3 Å². The van der Waals surface area contributed by atoms with Crippen LogP contribution < -0.4 is 4.90 Å². The van der Waals surface area contributed by atoms with Crippen LogP contribution in [0.15, 0.2) is 6.33 Å². The molecule has 0 saturated carbocycles. The van der Waals surface area contributed by atoms with E-state index in [2.05, 4.69) is 51.2 Å². The molecule has 4 heterocycles. The number of ether oxygens (including phenoxy) is 1. The average Bonchev–Trinajstić information content (AvgIpc) is 3.34. The van der Waals surface area contributed by atoms with E-state index >= 15 is 0 Å². The molecule has 1 aliphatic rings. The van der Waals surface area contributed by atoms with E-state index in [-0.39, 0.29) is 18.5 Å². The summed E-state index contributed by atoms with van der Waals surface area (Å²) in [4.78, 5) is 26.1. The Morgan fingerprint density at radius 2 is 2.07 bits per heavy atom. The van der Waals surface area contributed by atoms with Crippen LogP contribution in [0.1, 0.15) is 48.9 Å². The van der Waals surface area contributed by atoms with Gasteiger partial charge in [0.1, 0.15) is 17.0 Å². The molecule has 3 aromatic rings. The Kier molecular flexibility index (Phi) is 6.21. The topological polar surface area (TPSA) is 98.9 Å². The molecule has 10 heteroatoms. The van der Waals surface area contributed by atoms with Gasteiger partial charge in [-0.1, -0.05) is 13.3 Å². The van der Waals surface area contributed by atoms with E-state index in [1.165, 1.54) is 10.4 Å². The van der Waals surface area contributed by atoms with Crippen LogP contribution in [0, 0.1) is 19.8 Å². The van der Waals surface area contributed by atoms with E-state index in [9.17, 15) is 4.79 Å². The fourth-order valence-electron chi connectivity index (χ4n) is 3.79. The number of carbonyl (C=O) groups excluding carboxylic acids is 1. The molecule has 30 heavy (non-hydrogen) atoms. The number of unbranched alkanes of at least 4 members (excludes halogenated alkanes) is 1. The van der Waals surface area contributed by atoms with Gasteiger partial charge in [-0.3, -0.25) is 4.79 Å². The third-order valence-electron chi connectivity index (χ3n) is 5.75. The molecule has 3 aromatic heterocycles. The van der Waals surface area contributed by atoms with E-state index in [0.717, 1.165) is 61.4 Å². The second kappa shape index (κ2) is 9.03. The molecule has 0 spiro atoms. The Bertz CT molecular complexity index is 1020. The smallest absolute Gasteiger partial charge is 0.309 e. The molecular formula is C20H27N7O2S. The van der Waals surface area contributed by atoms with Crippen LogP contribution in [0.2, 0.25) is 0 Å². The number of thiophene rings is 1. The summed E-state index contributed by atoms with van der Waals surface area (Å²) < 4.78 is 7.25. The van der Waals surface area contributed by atoms with Gasteiger partial charge in [-0.25, -0.2) is 14.6 Å². The van der Waals surface area contributed by atoms with E-state index in [1.807, 2.05) is 0 Å². The second-order valence-electron chi connectivity index (χ2n) is 7.70. The molecule has 1 fully saturated rings. The molecule has 0 unspecified atom stereocenters. The molecule has 0 N–H and O–H groups in total. The van der Waals surface area contributed by atoms with Crippen molar-refractivity contribution in [2.75, 3.05) is 18.0 Å². The zero-order valence-corrected chi connectivity index (χ0v) is 18.5. The number of anilines is 1. The fraction of sp³-hybridized carbons (Fsp3) is 0.600. The first-order valence-corrected chi connectivity index (χ1v) is 11.3. The number of fused-ring (bicyclic) bond motifs is 1. The first kappa shape index (κ1) is 20.6. The molecule has 0 radical (unpaired) electrons. The Morgan fingerprint density at radius 1 is 1.27 bits per heavy atom. The van der Waals surface area contributed by atoms with Crippen molar-refractivity contribution in [2.45, 2.75) is 59.6 Å². The monoisotopic (exact) mass is 429 g/mol. The van der Waals surface area contributed by atoms with Gasteiger partial charge in [-0.05, 0) is 49.1 Å². The number of nitrogens with zero attached hydrogens (tertiary/aromatic N) is 7. The van der Waals surface area contributed by atoms with E-state index < -0.39 is 0 Å². The number of carbonyl (C=O) groups is 1. The molecule has 1 aliphatic heterocycles. The van der Waals surface area contributed by atoms with Gasteiger partial charge in [0, 0.05) is 24.5 Å². The second-order valence-corrected chi connectivity index (χ2v) is 8.90. The van der Waals surface area contributed by atoms with Crippen LogP contribution in [0.5, 0.6) is 0 Å². The van der Waals surface area contributed by atoms with Gasteiger partial charge in [0.05, 0.1) is 11.3 Å². The van der Waals surface area contributed by atoms with Crippen molar-refractivity contribution in [1.29, 1.82) is 0 Å². The maximum Gasteiger partial charge on any atom is 0.309 e. The van der Waals surface area contributed by atoms with Crippen LogP contribution in [0.3, 0.4) is 0 Å². The standard InChI is InChI=1S/C20H27N7O2S/c1-4-5-8-27-16(23-24-25-27)11-29-20(28)15-6-9-26(10-7-15)18-17-13(2)14(3)30-19(17)22-12-21-18/h12,15H,4-11H2,1-3H3. The Balaban J connectivity index is 1.35. The summed E-state index contributed by atoms with van der Waals surface area (Å²) in [7, 11) is 0. The van der Waals surface area contributed by atoms with Gasteiger partial charge in [-0.15, -0.1) is 16.4 Å². The minimum Gasteiger partial charge on any atom is -0.457 e. The minimum atomic E-state index is -0.171. The van der Waals surface area contributed by atoms with Gasteiger partial charge < -0.3 is 9.64 Å². The highest BCUT2D eigenvalue weighted by atomic mass is 32.1. The fourth-order valence-corrected chi connectivity index (χ4v) is 4.78. The summed E-state index contributed by atoms with van der Waals surface area (Å²) in [6.45, 7) is 8.76. The molecule has 0 aromatic carbocycles. The van der Waals surface area contributed by atoms with Crippen molar-refractivity contribution in [3.8, 4) is 0 Å². The largest absolute Gasteiger partial charge is 0.457 e. The summed E-state index contributed by atoms with van der Waals surface area (Å²) in [5.74, 6) is 1.30. The van der Waals surface area contributed by atoms with E-state index in [4.69, 9.17) is 4.74 Å². The number of aromatic nitrogens is 6. The molecule has 1 saturated heterocycles. The summed E-state index contributed by atoms with van der Waals surface area (Å²) in [6.07, 6.45) is 5.17. The molecule has 9 nitrogen and oxygen atoms in total. The van der Waals surface area contributed by atoms with Gasteiger partial charge >= 0.3 is 5.97 Å². The molecule has 4 rings (SSSR count). The highest BCUT2D eigenvalue weighted by Crippen LogP contribution is 2.35. The molecule has 160 valence electrons. The van der Waals surface area contributed by atoms with Crippen LogP contribution >= 0.6 is 11.3 Å². The van der Waals surface area contributed by atoms with Gasteiger partial charge in [0.2, 0.25) is 0 Å². The number of hydrogen-bond acceptors (Lipinski definition) is 9. The highest BCUT2D eigenvalue weighted by molar-refractivity contribution is 7.18. The maximum atomic E-state index is 12.6. The van der Waals surface area contributed by atoms with Crippen LogP contribution in [-0.4, -0.2) is 49.2 Å². The third kappa shape index (κ3) is 4.14. The predicted molar refractivity (Wildman–Crippen MR) is 114 cm³/mol. The van der Waals surface area contributed by atoms with Crippen LogP contribution in [0.4, 0.5) is 5.82 Å². The molecule has 0 bridgehead atoms. The van der Waals surface area contributed by atoms with E-state index in [0.29, 0.717) is 5.82 Å². The van der Waals surface area contributed by atoms with Crippen molar-refractivity contribution < 1.29 is 9.53 Å². The normalized spacial score (nSPS) is 15.1. The van der Waals surface area contributed by atoms with Gasteiger partial charge in [0.25, 0.3) is 0 Å². The van der Waals surface area contributed by atoms with Crippen molar-refractivity contribution in [2.24, 2.45) is 5.92 Å². The maximum absolute atomic E-state index is 12.6. The first-order valence-electron chi connectivity index (χ1n) is 10.5. The lowest BCUT2D eigenvalue weighted by Crippen LogP contribution is -2.37. The molecule has 0 aliphatic carbocycles. The van der Waals surface area contributed by atoms with Gasteiger partial charge in [0.15, 0.2) is 12.4 Å². The number of rotatable bonds is 7. The van der Waals surface area contributed by atoms with Crippen molar-refractivity contribution in [1.82, 2.24) is 30.2 Å². The summed E-state index contributed by atoms with van der Waals surface area (Å²) in [6, 6.07) is 0. The zero-order chi connectivity index (χ0) is 21.1. The third-order valence-corrected chi connectivity index (χ3v) is 6.86. The lowest BCUT2D eigenvalue weighted by atomic mass is 9.97. The lowest BCUT2D eigenvalue weighted by molar-refractivity contribution is -0.151. The van der Waals surface area contributed by atoms with E-state index in [1.54, 1.807) is 22.3 Å². The molecular weight excluding hydrogens is 402 g/mol. The predicted octanol–water partition coefficient (Wildman–Crippen LogP) is 3.05. The Labute approximate surface area is 179 Å². The average molecular weight is 430 g/mol. The SMILES string of the molecule is CCCCn1nnnc1COC(=O)C1CCN(c2ncnc3sc(C)c(C)c23)CC1. The quantitative estimate of drug-likeness (QED) is 0.529. The summed E-state index contributed by atoms with van der Waals surface area (Å²) in [5.41, 5.74) is 1.24. The van der Waals surface area contributed by atoms with Crippen LogP contribution in [0.25, 0.3) is 10.2 Å². The first-order chi connectivity index (χ1) is 14.6. The molecule has 0 amide bonds. The van der Waals surface area contributed by atoms with Crippen molar-refractivity contribution in [3.05, 3.63) is 22.6 Å². The van der Waals surface area contributed by atoms with Gasteiger partial charge in [-0.2, -0.15) is 0 Å². The summed E-state index contributed by atoms with van der Waals surface area (Å²) in [5, 5.41) is 12.8. The number of aryl methyl sites for hydroxylation is 3. The lowest BCUT2D eigenvalue weighted by Gasteiger charge is -2.32. The summed E-state index contributed by atoms with van der Waals surface area (Å²) >= 11 is 1.70. The minimum absolute atomic E-state index is 0.108.